The number of amides is 1. The summed E-state index contributed by atoms with van der Waals surface area (Å²) in [7, 11) is 0. The van der Waals surface area contributed by atoms with Crippen LogP contribution in [0.1, 0.15) is 10.4 Å². The van der Waals surface area contributed by atoms with E-state index in [1.165, 1.54) is 24.3 Å². The van der Waals surface area contributed by atoms with Gasteiger partial charge in [-0.2, -0.15) is 0 Å². The molecule has 1 saturated heterocycles. The van der Waals surface area contributed by atoms with E-state index >= 15 is 0 Å². The van der Waals surface area contributed by atoms with Gasteiger partial charge in [0.15, 0.2) is 0 Å². The summed E-state index contributed by atoms with van der Waals surface area (Å²) in [6, 6.07) is 21.1. The maximum absolute atomic E-state index is 13.0. The highest BCUT2D eigenvalue weighted by molar-refractivity contribution is 6.04. The number of ether oxygens (including phenoxy) is 1. The molecule has 3 aromatic carbocycles. The van der Waals surface area contributed by atoms with Crippen LogP contribution < -0.4 is 15.5 Å². The van der Waals surface area contributed by atoms with Gasteiger partial charge in [0.05, 0.1) is 24.6 Å². The third-order valence-corrected chi connectivity index (χ3v) is 4.78. The normalized spacial score (nSPS) is 13.8. The lowest BCUT2D eigenvalue weighted by Gasteiger charge is -2.30. The molecule has 2 N–H and O–H groups in total. The topological polar surface area (TPSA) is 53.6 Å². The lowest BCUT2D eigenvalue weighted by atomic mass is 10.2. The van der Waals surface area contributed by atoms with Crippen LogP contribution in [-0.2, 0) is 4.74 Å². The lowest BCUT2D eigenvalue weighted by Crippen LogP contribution is -2.36. The summed E-state index contributed by atoms with van der Waals surface area (Å²) < 4.78 is 18.4. The average Bonchev–Trinajstić information content (AvgIpc) is 2.76. The molecule has 0 atom stereocenters. The predicted molar refractivity (Wildman–Crippen MR) is 114 cm³/mol. The van der Waals surface area contributed by atoms with Crippen molar-refractivity contribution in [3.8, 4) is 0 Å². The standard InChI is InChI=1S/C23H22FN3O2/c24-18-7-5-17(6-8-18)23(28)26-20-11-9-19(10-12-20)25-21-3-1-2-4-22(21)27-13-15-29-16-14-27/h1-12,25H,13-16H2,(H,26,28). The molecule has 0 radical (unpaired) electrons. The van der Waals surface area contributed by atoms with E-state index < -0.39 is 0 Å². The molecule has 5 nitrogen and oxygen atoms in total. The first kappa shape index (κ1) is 19.0. The van der Waals surface area contributed by atoms with Crippen molar-refractivity contribution < 1.29 is 13.9 Å². The van der Waals surface area contributed by atoms with Crippen molar-refractivity contribution >= 4 is 28.7 Å². The largest absolute Gasteiger partial charge is 0.378 e. The molecule has 1 aliphatic rings. The van der Waals surface area contributed by atoms with Crippen LogP contribution in [0.3, 0.4) is 0 Å². The average molecular weight is 391 g/mol. The summed E-state index contributed by atoms with van der Waals surface area (Å²) in [5, 5.41) is 6.27. The molecule has 0 unspecified atom stereocenters. The van der Waals surface area contributed by atoms with E-state index in [-0.39, 0.29) is 11.7 Å². The van der Waals surface area contributed by atoms with Crippen LogP contribution in [0.5, 0.6) is 0 Å². The molecule has 1 aliphatic heterocycles. The summed E-state index contributed by atoms with van der Waals surface area (Å²) >= 11 is 0. The number of nitrogens with one attached hydrogen (secondary N) is 2. The first-order valence-corrected chi connectivity index (χ1v) is 9.55. The lowest BCUT2D eigenvalue weighted by molar-refractivity contribution is 0.102. The van der Waals surface area contributed by atoms with Crippen molar-refractivity contribution in [2.24, 2.45) is 0 Å². The Kier molecular flexibility index (Phi) is 5.72. The van der Waals surface area contributed by atoms with Gasteiger partial charge in [0.1, 0.15) is 5.82 Å². The Morgan fingerprint density at radius 3 is 2.24 bits per heavy atom. The van der Waals surface area contributed by atoms with Crippen molar-refractivity contribution in [2.45, 2.75) is 0 Å². The van der Waals surface area contributed by atoms with Gasteiger partial charge in [-0.05, 0) is 60.7 Å². The fraction of sp³-hybridized carbons (Fsp3) is 0.174. The van der Waals surface area contributed by atoms with Gasteiger partial charge in [-0.3, -0.25) is 4.79 Å². The van der Waals surface area contributed by atoms with Crippen molar-refractivity contribution in [1.29, 1.82) is 0 Å². The molecule has 29 heavy (non-hydrogen) atoms. The molecule has 1 heterocycles. The van der Waals surface area contributed by atoms with Crippen LogP contribution in [0.2, 0.25) is 0 Å². The van der Waals surface area contributed by atoms with Gasteiger partial charge in [0, 0.05) is 30.0 Å². The number of para-hydroxylation sites is 2. The van der Waals surface area contributed by atoms with Gasteiger partial charge in [-0.1, -0.05) is 12.1 Å². The minimum absolute atomic E-state index is 0.275. The number of nitrogens with zero attached hydrogens (tertiary/aromatic N) is 1. The first-order valence-electron chi connectivity index (χ1n) is 9.55. The van der Waals surface area contributed by atoms with Gasteiger partial charge in [0.25, 0.3) is 5.91 Å². The van der Waals surface area contributed by atoms with Crippen LogP contribution >= 0.6 is 0 Å². The summed E-state index contributed by atoms with van der Waals surface area (Å²) in [6.07, 6.45) is 0. The Balaban J connectivity index is 1.43. The van der Waals surface area contributed by atoms with Crippen molar-refractivity contribution in [3.63, 3.8) is 0 Å². The van der Waals surface area contributed by atoms with Crippen molar-refractivity contribution in [1.82, 2.24) is 0 Å². The molecule has 6 heteroatoms. The molecule has 148 valence electrons. The zero-order valence-electron chi connectivity index (χ0n) is 15.9. The van der Waals surface area contributed by atoms with Crippen LogP contribution in [0.15, 0.2) is 72.8 Å². The zero-order valence-corrected chi connectivity index (χ0v) is 15.9. The number of carbonyl (C=O) groups excluding carboxylic acids is 1. The number of halogens is 1. The summed E-state index contributed by atoms with van der Waals surface area (Å²) in [5.74, 6) is -0.641. The molecule has 0 aromatic heterocycles. The van der Waals surface area contributed by atoms with E-state index in [1.807, 2.05) is 36.4 Å². The maximum atomic E-state index is 13.0. The molecule has 0 saturated carbocycles. The molecule has 0 aliphatic carbocycles. The van der Waals surface area contributed by atoms with Gasteiger partial charge >= 0.3 is 0 Å². The predicted octanol–water partition coefficient (Wildman–Crippen LogP) is 4.66. The quantitative estimate of drug-likeness (QED) is 0.664. The van der Waals surface area contributed by atoms with Crippen LogP contribution in [0.4, 0.5) is 27.1 Å². The minimum Gasteiger partial charge on any atom is -0.378 e. The monoisotopic (exact) mass is 391 g/mol. The van der Waals surface area contributed by atoms with Crippen molar-refractivity contribution in [3.05, 3.63) is 84.2 Å². The van der Waals surface area contributed by atoms with E-state index in [2.05, 4.69) is 27.7 Å². The number of hydrogen-bond acceptors (Lipinski definition) is 4. The van der Waals surface area contributed by atoms with Gasteiger partial charge in [0.2, 0.25) is 0 Å². The molecule has 0 spiro atoms. The minimum atomic E-state index is -0.366. The van der Waals surface area contributed by atoms with E-state index in [9.17, 15) is 9.18 Å². The number of rotatable bonds is 5. The van der Waals surface area contributed by atoms with E-state index in [0.717, 1.165) is 43.4 Å². The van der Waals surface area contributed by atoms with Gasteiger partial charge in [-0.25, -0.2) is 4.39 Å². The fourth-order valence-corrected chi connectivity index (χ4v) is 3.26. The van der Waals surface area contributed by atoms with E-state index in [4.69, 9.17) is 4.74 Å². The van der Waals surface area contributed by atoms with Crippen molar-refractivity contribution in [2.75, 3.05) is 41.8 Å². The van der Waals surface area contributed by atoms with Crippen LogP contribution in [0.25, 0.3) is 0 Å². The molecule has 3 aromatic rings. The summed E-state index contributed by atoms with van der Waals surface area (Å²) in [6.45, 7) is 3.20. The number of benzene rings is 3. The van der Waals surface area contributed by atoms with Gasteiger partial charge < -0.3 is 20.3 Å². The van der Waals surface area contributed by atoms with Crippen LogP contribution in [-0.4, -0.2) is 32.2 Å². The molecule has 1 amide bonds. The molecular formula is C23H22FN3O2. The SMILES string of the molecule is O=C(Nc1ccc(Nc2ccccc2N2CCOCC2)cc1)c1ccc(F)cc1. The smallest absolute Gasteiger partial charge is 0.255 e. The summed E-state index contributed by atoms with van der Waals surface area (Å²) in [4.78, 5) is 14.6. The second kappa shape index (κ2) is 8.75. The van der Waals surface area contributed by atoms with Crippen LogP contribution in [0, 0.1) is 5.82 Å². The Labute approximate surface area is 169 Å². The Morgan fingerprint density at radius 2 is 1.52 bits per heavy atom. The third kappa shape index (κ3) is 4.73. The highest BCUT2D eigenvalue weighted by Crippen LogP contribution is 2.29. The Morgan fingerprint density at radius 1 is 0.862 bits per heavy atom. The summed E-state index contributed by atoms with van der Waals surface area (Å²) in [5.41, 5.74) is 4.17. The number of morpholine rings is 1. The third-order valence-electron chi connectivity index (χ3n) is 4.78. The Bertz CT molecular complexity index is 968. The first-order chi connectivity index (χ1) is 14.2. The Hall–Kier alpha value is -3.38. The number of anilines is 4. The highest BCUT2D eigenvalue weighted by atomic mass is 19.1. The van der Waals surface area contributed by atoms with E-state index in [1.54, 1.807) is 0 Å². The molecule has 0 bridgehead atoms. The number of carbonyl (C=O) groups is 1. The number of hydrogen-bond donors (Lipinski definition) is 2. The van der Waals surface area contributed by atoms with E-state index in [0.29, 0.717) is 11.3 Å². The second-order valence-corrected chi connectivity index (χ2v) is 6.78. The fourth-order valence-electron chi connectivity index (χ4n) is 3.26. The maximum Gasteiger partial charge on any atom is 0.255 e. The second-order valence-electron chi connectivity index (χ2n) is 6.78. The molecule has 1 fully saturated rings. The highest BCUT2D eigenvalue weighted by Gasteiger charge is 2.14. The van der Waals surface area contributed by atoms with Gasteiger partial charge in [-0.15, -0.1) is 0 Å². The molecule has 4 rings (SSSR count). The molecular weight excluding hydrogens is 369 g/mol. The zero-order chi connectivity index (χ0) is 20.1.